The Balaban J connectivity index is 1.63. The number of hydrogen-bond donors (Lipinski definition) is 1. The monoisotopic (exact) mass is 364 g/mol. The third-order valence-corrected chi connectivity index (χ3v) is 4.63. The predicted octanol–water partition coefficient (Wildman–Crippen LogP) is 4.00. The summed E-state index contributed by atoms with van der Waals surface area (Å²) in [7, 11) is 1.64. The van der Waals surface area contributed by atoms with Crippen molar-refractivity contribution in [2.45, 2.75) is 27.2 Å². The Morgan fingerprint density at radius 2 is 1.74 bits per heavy atom. The third-order valence-electron chi connectivity index (χ3n) is 4.63. The lowest BCUT2D eigenvalue weighted by Crippen LogP contribution is -2.35. The Labute approximate surface area is 159 Å². The van der Waals surface area contributed by atoms with Crippen molar-refractivity contribution in [1.29, 1.82) is 0 Å². The summed E-state index contributed by atoms with van der Waals surface area (Å²) >= 11 is 0. The van der Waals surface area contributed by atoms with Crippen molar-refractivity contribution in [2.24, 2.45) is 0 Å². The van der Waals surface area contributed by atoms with Crippen LogP contribution in [0.3, 0.4) is 0 Å². The Hall–Kier alpha value is -3.08. The maximum absolute atomic E-state index is 12.5. The molecule has 0 fully saturated rings. The van der Waals surface area contributed by atoms with E-state index in [9.17, 15) is 9.59 Å². The average Bonchev–Trinajstić information content (AvgIpc) is 2.99. The molecule has 0 aliphatic heterocycles. The van der Waals surface area contributed by atoms with Gasteiger partial charge in [-0.2, -0.15) is 0 Å². The van der Waals surface area contributed by atoms with Crippen LogP contribution in [-0.2, 0) is 16.0 Å². The number of amides is 2. The van der Waals surface area contributed by atoms with Crippen LogP contribution in [0.4, 0.5) is 5.69 Å². The first-order chi connectivity index (χ1) is 12.8. The summed E-state index contributed by atoms with van der Waals surface area (Å²) in [5.74, 6) is -0.346. The highest BCUT2D eigenvalue weighted by Gasteiger charge is 2.17. The van der Waals surface area contributed by atoms with Gasteiger partial charge >= 0.3 is 0 Å². The van der Waals surface area contributed by atoms with Crippen LogP contribution in [0.2, 0.25) is 0 Å². The van der Waals surface area contributed by atoms with Crippen LogP contribution in [-0.4, -0.2) is 30.3 Å². The van der Waals surface area contributed by atoms with Gasteiger partial charge in [0, 0.05) is 23.7 Å². The molecule has 0 bridgehead atoms. The van der Waals surface area contributed by atoms with E-state index in [0.717, 1.165) is 38.9 Å². The van der Waals surface area contributed by atoms with Gasteiger partial charge in [-0.1, -0.05) is 24.3 Å². The van der Waals surface area contributed by atoms with E-state index in [2.05, 4.69) is 5.32 Å². The zero-order chi connectivity index (χ0) is 19.6. The van der Waals surface area contributed by atoms with Gasteiger partial charge in [-0.15, -0.1) is 0 Å². The van der Waals surface area contributed by atoms with Crippen molar-refractivity contribution in [1.82, 2.24) is 4.90 Å². The Bertz CT molecular complexity index is 1000. The SMILES string of the molecule is Cc1ccc(C)c(NC(=O)CN(C)C(=O)Cc2coc3cc(C)ccc23)c1. The van der Waals surface area contributed by atoms with Crippen LogP contribution in [0.15, 0.2) is 47.1 Å². The van der Waals surface area contributed by atoms with E-state index in [1.807, 2.05) is 57.2 Å². The van der Waals surface area contributed by atoms with E-state index in [1.165, 1.54) is 4.90 Å². The largest absolute Gasteiger partial charge is 0.464 e. The molecule has 2 amide bonds. The second-order valence-corrected chi connectivity index (χ2v) is 7.05. The smallest absolute Gasteiger partial charge is 0.243 e. The minimum absolute atomic E-state index is 0.00110. The minimum atomic E-state index is -0.216. The molecule has 2 aromatic carbocycles. The number of anilines is 1. The lowest BCUT2D eigenvalue weighted by molar-refractivity contribution is -0.132. The normalized spacial score (nSPS) is 10.8. The highest BCUT2D eigenvalue weighted by atomic mass is 16.3. The third kappa shape index (κ3) is 4.37. The fourth-order valence-electron chi connectivity index (χ4n) is 2.99. The highest BCUT2D eigenvalue weighted by Crippen LogP contribution is 2.23. The van der Waals surface area contributed by atoms with Gasteiger partial charge in [-0.3, -0.25) is 9.59 Å². The average molecular weight is 364 g/mol. The van der Waals surface area contributed by atoms with Crippen LogP contribution in [0.25, 0.3) is 11.0 Å². The summed E-state index contributed by atoms with van der Waals surface area (Å²) < 4.78 is 5.54. The zero-order valence-electron chi connectivity index (χ0n) is 16.1. The molecule has 0 saturated heterocycles. The van der Waals surface area contributed by atoms with Crippen molar-refractivity contribution in [3.8, 4) is 0 Å². The number of carbonyl (C=O) groups excluding carboxylic acids is 2. The summed E-state index contributed by atoms with van der Waals surface area (Å²) in [6, 6.07) is 11.8. The maximum Gasteiger partial charge on any atom is 0.243 e. The summed E-state index contributed by atoms with van der Waals surface area (Å²) in [4.78, 5) is 26.3. The van der Waals surface area contributed by atoms with E-state index in [0.29, 0.717) is 0 Å². The number of benzene rings is 2. The van der Waals surface area contributed by atoms with Crippen molar-refractivity contribution in [2.75, 3.05) is 18.9 Å². The molecular formula is C22H24N2O3. The van der Waals surface area contributed by atoms with Crippen molar-refractivity contribution < 1.29 is 14.0 Å². The molecule has 0 radical (unpaired) electrons. The lowest BCUT2D eigenvalue weighted by atomic mass is 10.1. The molecule has 5 heteroatoms. The number of carbonyl (C=O) groups is 2. The van der Waals surface area contributed by atoms with Crippen LogP contribution < -0.4 is 5.32 Å². The van der Waals surface area contributed by atoms with Crippen LogP contribution >= 0.6 is 0 Å². The summed E-state index contributed by atoms with van der Waals surface area (Å²) in [6.07, 6.45) is 1.81. The van der Waals surface area contributed by atoms with Crippen LogP contribution in [0.5, 0.6) is 0 Å². The first-order valence-corrected chi connectivity index (χ1v) is 8.91. The zero-order valence-corrected chi connectivity index (χ0v) is 16.1. The maximum atomic E-state index is 12.5. The number of hydrogen-bond acceptors (Lipinski definition) is 3. The van der Waals surface area contributed by atoms with Crippen LogP contribution in [0, 0.1) is 20.8 Å². The van der Waals surface area contributed by atoms with E-state index in [-0.39, 0.29) is 24.8 Å². The predicted molar refractivity (Wildman–Crippen MR) is 107 cm³/mol. The lowest BCUT2D eigenvalue weighted by Gasteiger charge is -2.17. The van der Waals surface area contributed by atoms with E-state index in [4.69, 9.17) is 4.42 Å². The van der Waals surface area contributed by atoms with Gasteiger partial charge in [0.1, 0.15) is 5.58 Å². The number of aryl methyl sites for hydroxylation is 3. The Kier molecular flexibility index (Phi) is 5.31. The summed E-state index contributed by atoms with van der Waals surface area (Å²) in [6.45, 7) is 5.91. The molecule has 0 saturated carbocycles. The van der Waals surface area contributed by atoms with Gasteiger partial charge in [-0.25, -0.2) is 0 Å². The topological polar surface area (TPSA) is 62.6 Å². The molecule has 0 aliphatic rings. The van der Waals surface area contributed by atoms with Crippen LogP contribution in [0.1, 0.15) is 22.3 Å². The molecule has 0 atom stereocenters. The quantitative estimate of drug-likeness (QED) is 0.744. The molecule has 0 aliphatic carbocycles. The number of furan rings is 1. The number of nitrogens with zero attached hydrogens (tertiary/aromatic N) is 1. The van der Waals surface area contributed by atoms with Gasteiger partial charge in [0.25, 0.3) is 0 Å². The van der Waals surface area contributed by atoms with Crippen molar-refractivity contribution in [3.05, 3.63) is 64.9 Å². The Morgan fingerprint density at radius 3 is 2.52 bits per heavy atom. The molecule has 3 rings (SSSR count). The first-order valence-electron chi connectivity index (χ1n) is 8.91. The number of likely N-dealkylation sites (N-methyl/N-ethyl adjacent to an activating group) is 1. The van der Waals surface area contributed by atoms with E-state index >= 15 is 0 Å². The van der Waals surface area contributed by atoms with Crippen molar-refractivity contribution >= 4 is 28.5 Å². The van der Waals surface area contributed by atoms with Crippen molar-refractivity contribution in [3.63, 3.8) is 0 Å². The fraction of sp³-hybridized carbons (Fsp3) is 0.273. The molecule has 3 aromatic rings. The summed E-state index contributed by atoms with van der Waals surface area (Å²) in [5.41, 5.74) is 5.54. The van der Waals surface area contributed by atoms with E-state index in [1.54, 1.807) is 13.3 Å². The molecule has 1 aromatic heterocycles. The highest BCUT2D eigenvalue weighted by molar-refractivity contribution is 5.96. The molecule has 1 N–H and O–H groups in total. The summed E-state index contributed by atoms with van der Waals surface area (Å²) in [5, 5.41) is 3.81. The molecule has 0 unspecified atom stereocenters. The van der Waals surface area contributed by atoms with Gasteiger partial charge < -0.3 is 14.6 Å². The van der Waals surface area contributed by atoms with Gasteiger partial charge in [0.2, 0.25) is 11.8 Å². The second kappa shape index (κ2) is 7.66. The molecule has 27 heavy (non-hydrogen) atoms. The molecule has 5 nitrogen and oxygen atoms in total. The molecule has 0 spiro atoms. The van der Waals surface area contributed by atoms with Gasteiger partial charge in [0.05, 0.1) is 19.2 Å². The number of fused-ring (bicyclic) bond motifs is 1. The van der Waals surface area contributed by atoms with Gasteiger partial charge in [0.15, 0.2) is 0 Å². The second-order valence-electron chi connectivity index (χ2n) is 7.05. The van der Waals surface area contributed by atoms with E-state index < -0.39 is 0 Å². The molecular weight excluding hydrogens is 340 g/mol. The molecule has 140 valence electrons. The fourth-order valence-corrected chi connectivity index (χ4v) is 2.99. The number of rotatable bonds is 5. The Morgan fingerprint density at radius 1 is 1.04 bits per heavy atom. The standard InChI is InChI=1S/C22H24N2O3/c1-14-5-7-16(3)19(9-14)23-21(25)12-24(4)22(26)11-17-13-27-20-10-15(2)6-8-18(17)20/h5-10,13H,11-12H2,1-4H3,(H,23,25). The minimum Gasteiger partial charge on any atom is -0.464 e. The number of nitrogens with one attached hydrogen (secondary N) is 1. The molecule has 1 heterocycles. The first kappa shape index (κ1) is 18.7. The van der Waals surface area contributed by atoms with Gasteiger partial charge in [-0.05, 0) is 49.6 Å².